The van der Waals surface area contributed by atoms with Crippen LogP contribution in [-0.2, 0) is 11.2 Å². The van der Waals surface area contributed by atoms with Gasteiger partial charge in [0.25, 0.3) is 0 Å². The molecule has 1 aromatic heterocycles. The second-order valence-corrected chi connectivity index (χ2v) is 4.53. The summed E-state index contributed by atoms with van der Waals surface area (Å²) in [5.74, 6) is -0.203. The first-order valence-corrected chi connectivity index (χ1v) is 6.52. The molecule has 0 fully saturated rings. The number of hydrogen-bond acceptors (Lipinski definition) is 4. The SMILES string of the molecule is CCCc1cc(C(=O)O)cc(N(C)CCCOC)n1. The molecule has 0 saturated carbocycles. The van der Waals surface area contributed by atoms with Crippen LogP contribution in [0.25, 0.3) is 0 Å². The van der Waals surface area contributed by atoms with Gasteiger partial charge in [0, 0.05) is 33.0 Å². The first-order chi connectivity index (χ1) is 9.08. The fourth-order valence-electron chi connectivity index (χ4n) is 1.84. The molecule has 1 heterocycles. The van der Waals surface area contributed by atoms with E-state index in [0.29, 0.717) is 18.0 Å². The van der Waals surface area contributed by atoms with E-state index >= 15 is 0 Å². The number of aromatic carboxylic acids is 1. The van der Waals surface area contributed by atoms with E-state index in [4.69, 9.17) is 9.84 Å². The van der Waals surface area contributed by atoms with Gasteiger partial charge in [-0.25, -0.2) is 9.78 Å². The van der Waals surface area contributed by atoms with Crippen molar-refractivity contribution in [3.8, 4) is 0 Å². The third kappa shape index (κ3) is 4.87. The summed E-state index contributed by atoms with van der Waals surface area (Å²) >= 11 is 0. The number of aromatic nitrogens is 1. The summed E-state index contributed by atoms with van der Waals surface area (Å²) in [5.41, 5.74) is 1.13. The summed E-state index contributed by atoms with van der Waals surface area (Å²) in [6.07, 6.45) is 2.62. The highest BCUT2D eigenvalue weighted by atomic mass is 16.5. The van der Waals surface area contributed by atoms with E-state index in [2.05, 4.69) is 11.9 Å². The Hall–Kier alpha value is -1.62. The van der Waals surface area contributed by atoms with Crippen LogP contribution in [0.2, 0.25) is 0 Å². The van der Waals surface area contributed by atoms with Crippen molar-refractivity contribution in [3.05, 3.63) is 23.4 Å². The largest absolute Gasteiger partial charge is 0.478 e. The summed E-state index contributed by atoms with van der Waals surface area (Å²) < 4.78 is 5.01. The van der Waals surface area contributed by atoms with Gasteiger partial charge in [0.15, 0.2) is 0 Å². The normalized spacial score (nSPS) is 10.5. The topological polar surface area (TPSA) is 62.7 Å². The summed E-state index contributed by atoms with van der Waals surface area (Å²) in [6, 6.07) is 3.27. The van der Waals surface area contributed by atoms with Crippen LogP contribution in [0.4, 0.5) is 5.82 Å². The molecular weight excluding hydrogens is 244 g/mol. The van der Waals surface area contributed by atoms with Crippen LogP contribution in [0.1, 0.15) is 35.8 Å². The number of carboxylic acid groups (broad SMARTS) is 1. The van der Waals surface area contributed by atoms with Crippen LogP contribution in [0.3, 0.4) is 0 Å². The molecule has 106 valence electrons. The maximum absolute atomic E-state index is 11.1. The predicted molar refractivity (Wildman–Crippen MR) is 75.0 cm³/mol. The highest BCUT2D eigenvalue weighted by Crippen LogP contribution is 2.15. The second kappa shape index (κ2) is 7.74. The van der Waals surface area contributed by atoms with Gasteiger partial charge in [0.2, 0.25) is 0 Å². The van der Waals surface area contributed by atoms with Crippen molar-refractivity contribution >= 4 is 11.8 Å². The van der Waals surface area contributed by atoms with Gasteiger partial charge in [-0.2, -0.15) is 0 Å². The van der Waals surface area contributed by atoms with E-state index in [1.54, 1.807) is 19.2 Å². The van der Waals surface area contributed by atoms with Gasteiger partial charge in [-0.3, -0.25) is 0 Å². The number of aryl methyl sites for hydroxylation is 1. The number of ether oxygens (including phenoxy) is 1. The summed E-state index contributed by atoms with van der Waals surface area (Å²) in [7, 11) is 3.59. The summed E-state index contributed by atoms with van der Waals surface area (Å²) in [4.78, 5) is 17.6. The molecule has 0 saturated heterocycles. The van der Waals surface area contributed by atoms with Gasteiger partial charge in [-0.1, -0.05) is 13.3 Å². The maximum atomic E-state index is 11.1. The lowest BCUT2D eigenvalue weighted by molar-refractivity contribution is 0.0696. The average molecular weight is 266 g/mol. The van der Waals surface area contributed by atoms with Crippen LogP contribution >= 0.6 is 0 Å². The molecule has 0 aliphatic rings. The molecule has 0 aliphatic carbocycles. The zero-order chi connectivity index (χ0) is 14.3. The van der Waals surface area contributed by atoms with E-state index in [9.17, 15) is 4.79 Å². The van der Waals surface area contributed by atoms with Crippen LogP contribution in [0, 0.1) is 0 Å². The van der Waals surface area contributed by atoms with E-state index in [0.717, 1.165) is 31.5 Å². The van der Waals surface area contributed by atoms with Gasteiger partial charge in [-0.15, -0.1) is 0 Å². The van der Waals surface area contributed by atoms with Gasteiger partial charge < -0.3 is 14.7 Å². The molecule has 0 radical (unpaired) electrons. The smallest absolute Gasteiger partial charge is 0.335 e. The van der Waals surface area contributed by atoms with Crippen molar-refractivity contribution in [1.29, 1.82) is 0 Å². The number of anilines is 1. The Morgan fingerprint density at radius 3 is 2.79 bits per heavy atom. The molecular formula is C14H22N2O3. The Bertz CT molecular complexity index is 421. The first-order valence-electron chi connectivity index (χ1n) is 6.52. The molecule has 19 heavy (non-hydrogen) atoms. The van der Waals surface area contributed by atoms with Crippen molar-refractivity contribution in [3.63, 3.8) is 0 Å². The number of hydrogen-bond donors (Lipinski definition) is 1. The lowest BCUT2D eigenvalue weighted by Crippen LogP contribution is -2.21. The summed E-state index contributed by atoms with van der Waals surface area (Å²) in [5, 5.41) is 9.13. The van der Waals surface area contributed by atoms with E-state index < -0.39 is 5.97 Å². The second-order valence-electron chi connectivity index (χ2n) is 4.53. The Labute approximate surface area is 114 Å². The third-order valence-electron chi connectivity index (χ3n) is 2.85. The van der Waals surface area contributed by atoms with Crippen LogP contribution in [0.15, 0.2) is 12.1 Å². The van der Waals surface area contributed by atoms with Crippen molar-refractivity contribution in [2.75, 3.05) is 32.2 Å². The fourth-order valence-corrected chi connectivity index (χ4v) is 1.84. The monoisotopic (exact) mass is 266 g/mol. The van der Waals surface area contributed by atoms with Crippen LogP contribution < -0.4 is 4.90 Å². The van der Waals surface area contributed by atoms with Gasteiger partial charge in [-0.05, 0) is 25.0 Å². The van der Waals surface area contributed by atoms with Crippen molar-refractivity contribution < 1.29 is 14.6 Å². The van der Waals surface area contributed by atoms with Crippen molar-refractivity contribution in [2.45, 2.75) is 26.2 Å². The third-order valence-corrected chi connectivity index (χ3v) is 2.85. The van der Waals surface area contributed by atoms with E-state index in [1.165, 1.54) is 0 Å². The maximum Gasteiger partial charge on any atom is 0.335 e. The number of rotatable bonds is 8. The minimum absolute atomic E-state index is 0.298. The average Bonchev–Trinajstić information content (AvgIpc) is 2.39. The molecule has 0 spiro atoms. The standard InChI is InChI=1S/C14H22N2O3/c1-4-6-12-9-11(14(17)18)10-13(15-12)16(2)7-5-8-19-3/h9-10H,4-8H2,1-3H3,(H,17,18). The van der Waals surface area contributed by atoms with Gasteiger partial charge >= 0.3 is 5.97 Å². The lowest BCUT2D eigenvalue weighted by atomic mass is 10.1. The quantitative estimate of drug-likeness (QED) is 0.731. The Balaban J connectivity index is 2.88. The minimum Gasteiger partial charge on any atom is -0.478 e. The Kier molecular flexibility index (Phi) is 6.29. The number of pyridine rings is 1. The molecule has 1 rings (SSSR count). The molecule has 0 aliphatic heterocycles. The highest BCUT2D eigenvalue weighted by molar-refractivity contribution is 5.88. The van der Waals surface area contributed by atoms with Crippen molar-refractivity contribution in [2.24, 2.45) is 0 Å². The number of nitrogens with zero attached hydrogens (tertiary/aromatic N) is 2. The summed E-state index contributed by atoms with van der Waals surface area (Å²) in [6.45, 7) is 3.53. The Morgan fingerprint density at radius 1 is 1.47 bits per heavy atom. The molecule has 5 nitrogen and oxygen atoms in total. The Morgan fingerprint density at radius 2 is 2.21 bits per heavy atom. The number of methoxy groups -OCH3 is 1. The van der Waals surface area contributed by atoms with E-state index in [1.807, 2.05) is 11.9 Å². The molecule has 0 aromatic carbocycles. The predicted octanol–water partition coefficient (Wildman–Crippen LogP) is 2.21. The zero-order valence-corrected chi connectivity index (χ0v) is 11.8. The van der Waals surface area contributed by atoms with Crippen molar-refractivity contribution in [1.82, 2.24) is 4.98 Å². The minimum atomic E-state index is -0.911. The lowest BCUT2D eigenvalue weighted by Gasteiger charge is -2.19. The zero-order valence-electron chi connectivity index (χ0n) is 11.8. The molecule has 0 bridgehead atoms. The molecule has 5 heteroatoms. The van der Waals surface area contributed by atoms with Crippen LogP contribution in [0.5, 0.6) is 0 Å². The fraction of sp³-hybridized carbons (Fsp3) is 0.571. The van der Waals surface area contributed by atoms with Gasteiger partial charge in [0.05, 0.1) is 5.56 Å². The number of carbonyl (C=O) groups is 1. The van der Waals surface area contributed by atoms with E-state index in [-0.39, 0.29) is 0 Å². The first kappa shape index (κ1) is 15.4. The molecule has 1 N–H and O–H groups in total. The highest BCUT2D eigenvalue weighted by Gasteiger charge is 2.11. The molecule has 1 aromatic rings. The molecule has 0 amide bonds. The number of carboxylic acids is 1. The molecule has 0 atom stereocenters. The molecule has 0 unspecified atom stereocenters. The van der Waals surface area contributed by atoms with Crippen LogP contribution in [-0.4, -0.2) is 43.4 Å². The van der Waals surface area contributed by atoms with Gasteiger partial charge in [0.1, 0.15) is 5.82 Å².